The number of rotatable bonds is 6. The minimum Gasteiger partial charge on any atom is -0.339 e. The van der Waals surface area contributed by atoms with E-state index in [-0.39, 0.29) is 5.91 Å². The lowest BCUT2D eigenvalue weighted by molar-refractivity contribution is 0.0753. The third kappa shape index (κ3) is 3.81. The Morgan fingerprint density at radius 3 is 2.61 bits per heavy atom. The molecule has 4 heteroatoms. The Kier molecular flexibility index (Phi) is 5.78. The first-order valence-electron chi connectivity index (χ1n) is 6.53. The highest BCUT2D eigenvalue weighted by atomic mass is 16.2. The molecule has 100 valence electrons. The highest BCUT2D eigenvalue weighted by Crippen LogP contribution is 2.11. The molecule has 2 N–H and O–H groups in total. The van der Waals surface area contributed by atoms with Gasteiger partial charge in [-0.15, -0.1) is 0 Å². The first-order valence-corrected chi connectivity index (χ1v) is 6.53. The van der Waals surface area contributed by atoms with Crippen molar-refractivity contribution in [2.75, 3.05) is 19.6 Å². The molecule has 0 saturated heterocycles. The number of hydrogen-bond acceptors (Lipinski definition) is 3. The molecular weight excluding hydrogens is 226 g/mol. The maximum Gasteiger partial charge on any atom is 0.255 e. The molecule has 0 spiro atoms. The topological polar surface area (TPSA) is 59.2 Å². The van der Waals surface area contributed by atoms with Crippen LogP contribution in [0.15, 0.2) is 12.1 Å². The molecule has 0 radical (unpaired) electrons. The van der Waals surface area contributed by atoms with Gasteiger partial charge in [0.15, 0.2) is 0 Å². The molecule has 0 aromatic carbocycles. The molecule has 4 nitrogen and oxygen atoms in total. The molecule has 0 saturated carbocycles. The van der Waals surface area contributed by atoms with Crippen LogP contribution in [0, 0.1) is 13.8 Å². The van der Waals surface area contributed by atoms with Crippen LogP contribution in [0.5, 0.6) is 0 Å². The number of pyridine rings is 1. The third-order valence-electron chi connectivity index (χ3n) is 2.87. The van der Waals surface area contributed by atoms with E-state index in [9.17, 15) is 4.79 Å². The number of amides is 1. The van der Waals surface area contributed by atoms with Gasteiger partial charge in [-0.3, -0.25) is 9.78 Å². The van der Waals surface area contributed by atoms with Gasteiger partial charge in [0.05, 0.1) is 11.3 Å². The van der Waals surface area contributed by atoms with Crippen LogP contribution in [0.2, 0.25) is 0 Å². The highest BCUT2D eigenvalue weighted by molar-refractivity contribution is 5.95. The van der Waals surface area contributed by atoms with Crippen molar-refractivity contribution in [1.29, 1.82) is 0 Å². The molecule has 0 bridgehead atoms. The van der Waals surface area contributed by atoms with Gasteiger partial charge in [-0.05, 0) is 45.4 Å². The van der Waals surface area contributed by atoms with Crippen molar-refractivity contribution in [3.63, 3.8) is 0 Å². The third-order valence-corrected chi connectivity index (χ3v) is 2.87. The predicted octanol–water partition coefficient (Wildman–Crippen LogP) is 1.90. The summed E-state index contributed by atoms with van der Waals surface area (Å²) in [5.74, 6) is 0.0651. The lowest BCUT2D eigenvalue weighted by Gasteiger charge is -2.22. The van der Waals surface area contributed by atoms with Crippen molar-refractivity contribution < 1.29 is 4.79 Å². The molecule has 1 rings (SSSR count). The van der Waals surface area contributed by atoms with E-state index in [2.05, 4.69) is 11.9 Å². The van der Waals surface area contributed by atoms with Gasteiger partial charge >= 0.3 is 0 Å². The second-order valence-electron chi connectivity index (χ2n) is 4.52. The molecule has 0 aliphatic heterocycles. The van der Waals surface area contributed by atoms with Crippen molar-refractivity contribution in [2.24, 2.45) is 5.73 Å². The zero-order valence-corrected chi connectivity index (χ0v) is 11.6. The minimum absolute atomic E-state index is 0.0651. The molecule has 0 fully saturated rings. The van der Waals surface area contributed by atoms with Gasteiger partial charge < -0.3 is 10.6 Å². The van der Waals surface area contributed by atoms with Gasteiger partial charge in [0.2, 0.25) is 0 Å². The fraction of sp³-hybridized carbons (Fsp3) is 0.571. The average Bonchev–Trinajstić information content (AvgIpc) is 2.33. The number of hydrogen-bond donors (Lipinski definition) is 1. The second-order valence-corrected chi connectivity index (χ2v) is 4.52. The zero-order chi connectivity index (χ0) is 13.5. The van der Waals surface area contributed by atoms with Crippen LogP contribution in [0.3, 0.4) is 0 Å². The van der Waals surface area contributed by atoms with Gasteiger partial charge in [-0.25, -0.2) is 0 Å². The van der Waals surface area contributed by atoms with Crippen LogP contribution in [0.1, 0.15) is 41.5 Å². The Balaban J connectivity index is 2.87. The molecule has 0 aliphatic rings. The SMILES string of the molecule is CCCN(CCCN)C(=O)c1ccc(C)nc1C. The Hall–Kier alpha value is -1.42. The minimum atomic E-state index is 0.0651. The average molecular weight is 249 g/mol. The summed E-state index contributed by atoms with van der Waals surface area (Å²) < 4.78 is 0. The van der Waals surface area contributed by atoms with E-state index in [0.29, 0.717) is 12.1 Å². The predicted molar refractivity (Wildman–Crippen MR) is 73.6 cm³/mol. The molecule has 1 amide bonds. The molecular formula is C14H23N3O. The Morgan fingerprint density at radius 1 is 1.33 bits per heavy atom. The number of carbonyl (C=O) groups excluding carboxylic acids is 1. The smallest absolute Gasteiger partial charge is 0.255 e. The van der Waals surface area contributed by atoms with Crippen LogP contribution in [0.25, 0.3) is 0 Å². The first-order chi connectivity index (χ1) is 8.60. The Labute approximate surface area is 109 Å². The van der Waals surface area contributed by atoms with Gasteiger partial charge in [0.1, 0.15) is 0 Å². The van der Waals surface area contributed by atoms with Gasteiger partial charge in [0, 0.05) is 18.8 Å². The fourth-order valence-corrected chi connectivity index (χ4v) is 1.95. The summed E-state index contributed by atoms with van der Waals surface area (Å²) in [5, 5.41) is 0. The molecule has 1 aromatic rings. The van der Waals surface area contributed by atoms with Crippen molar-refractivity contribution in [1.82, 2.24) is 9.88 Å². The van der Waals surface area contributed by atoms with Crippen molar-refractivity contribution in [3.05, 3.63) is 29.1 Å². The van der Waals surface area contributed by atoms with E-state index in [4.69, 9.17) is 5.73 Å². The van der Waals surface area contributed by atoms with E-state index in [1.807, 2.05) is 30.9 Å². The van der Waals surface area contributed by atoms with E-state index >= 15 is 0 Å². The maximum atomic E-state index is 12.4. The number of nitrogens with two attached hydrogens (primary N) is 1. The van der Waals surface area contributed by atoms with E-state index < -0.39 is 0 Å². The number of nitrogens with zero attached hydrogens (tertiary/aromatic N) is 2. The zero-order valence-electron chi connectivity index (χ0n) is 11.6. The standard InChI is InChI=1S/C14H23N3O/c1-4-9-17(10-5-8-15)14(18)13-7-6-11(2)16-12(13)3/h6-7H,4-5,8-10,15H2,1-3H3. The summed E-state index contributed by atoms with van der Waals surface area (Å²) in [6, 6.07) is 3.75. The molecule has 0 atom stereocenters. The quantitative estimate of drug-likeness (QED) is 0.837. The largest absolute Gasteiger partial charge is 0.339 e. The monoisotopic (exact) mass is 249 g/mol. The van der Waals surface area contributed by atoms with Crippen molar-refractivity contribution >= 4 is 5.91 Å². The summed E-state index contributed by atoms with van der Waals surface area (Å²) in [7, 11) is 0. The van der Waals surface area contributed by atoms with Crippen molar-refractivity contribution in [3.8, 4) is 0 Å². The molecule has 1 heterocycles. The number of aryl methyl sites for hydroxylation is 2. The number of carbonyl (C=O) groups is 1. The first kappa shape index (κ1) is 14.6. The van der Waals surface area contributed by atoms with Crippen LogP contribution < -0.4 is 5.73 Å². The maximum absolute atomic E-state index is 12.4. The number of aromatic nitrogens is 1. The normalized spacial score (nSPS) is 10.4. The second kappa shape index (κ2) is 7.11. The fourth-order valence-electron chi connectivity index (χ4n) is 1.95. The van der Waals surface area contributed by atoms with Gasteiger partial charge in [-0.1, -0.05) is 6.92 Å². The summed E-state index contributed by atoms with van der Waals surface area (Å²) in [4.78, 5) is 18.6. The van der Waals surface area contributed by atoms with E-state index in [1.165, 1.54) is 0 Å². The highest BCUT2D eigenvalue weighted by Gasteiger charge is 2.17. The van der Waals surface area contributed by atoms with Crippen LogP contribution in [0.4, 0.5) is 0 Å². The molecule has 18 heavy (non-hydrogen) atoms. The molecule has 1 aromatic heterocycles. The van der Waals surface area contributed by atoms with E-state index in [1.54, 1.807) is 0 Å². The summed E-state index contributed by atoms with van der Waals surface area (Å²) in [6.07, 6.45) is 1.79. The molecule has 0 unspecified atom stereocenters. The van der Waals surface area contributed by atoms with Gasteiger partial charge in [-0.2, -0.15) is 0 Å². The van der Waals surface area contributed by atoms with Crippen molar-refractivity contribution in [2.45, 2.75) is 33.6 Å². The van der Waals surface area contributed by atoms with Crippen LogP contribution in [-0.4, -0.2) is 35.4 Å². The van der Waals surface area contributed by atoms with Crippen LogP contribution >= 0.6 is 0 Å². The summed E-state index contributed by atoms with van der Waals surface area (Å²) in [5.41, 5.74) is 7.95. The Morgan fingerprint density at radius 2 is 2.06 bits per heavy atom. The summed E-state index contributed by atoms with van der Waals surface area (Å²) >= 11 is 0. The Bertz CT molecular complexity index is 404. The lowest BCUT2D eigenvalue weighted by Crippen LogP contribution is -2.34. The summed E-state index contributed by atoms with van der Waals surface area (Å²) in [6.45, 7) is 7.98. The lowest BCUT2D eigenvalue weighted by atomic mass is 10.1. The van der Waals surface area contributed by atoms with Gasteiger partial charge in [0.25, 0.3) is 5.91 Å². The van der Waals surface area contributed by atoms with E-state index in [0.717, 1.165) is 37.3 Å². The van der Waals surface area contributed by atoms with Crippen LogP contribution in [-0.2, 0) is 0 Å². The molecule has 0 aliphatic carbocycles.